The van der Waals surface area contributed by atoms with E-state index in [0.717, 1.165) is 27.7 Å². The number of nitriles is 1. The molecule has 0 saturated carbocycles. The van der Waals surface area contributed by atoms with E-state index in [4.69, 9.17) is 9.72 Å². The molecule has 1 amide bonds. The van der Waals surface area contributed by atoms with Gasteiger partial charge in [0.25, 0.3) is 0 Å². The summed E-state index contributed by atoms with van der Waals surface area (Å²) < 4.78 is 7.85. The third-order valence-corrected chi connectivity index (χ3v) is 8.04. The molecule has 1 N–H and O–H groups in total. The monoisotopic (exact) mass is 584 g/mol. The molecule has 1 aliphatic rings. The van der Waals surface area contributed by atoms with Gasteiger partial charge in [0.15, 0.2) is 0 Å². The zero-order valence-corrected chi connectivity index (χ0v) is 25.2. The molecule has 6 rings (SSSR count). The van der Waals surface area contributed by atoms with Crippen molar-refractivity contribution < 1.29 is 9.53 Å². The Morgan fingerprint density at radius 3 is 1.95 bits per heavy atom. The van der Waals surface area contributed by atoms with Gasteiger partial charge >= 0.3 is 6.09 Å². The number of ether oxygens (including phenoxy) is 1. The minimum Gasteiger partial charge on any atom is -0.444 e. The number of amides is 1. The maximum atomic E-state index is 12.9. The van der Waals surface area contributed by atoms with Crippen molar-refractivity contribution in [3.05, 3.63) is 126 Å². The summed E-state index contributed by atoms with van der Waals surface area (Å²) in [5, 5.41) is 14.2. The first-order chi connectivity index (χ1) is 21.3. The first-order valence-electron chi connectivity index (χ1n) is 14.9. The van der Waals surface area contributed by atoms with Gasteiger partial charge in [-0.05, 0) is 49.9 Å². The number of carbonyl (C=O) groups is 1. The Morgan fingerprint density at radius 2 is 1.43 bits per heavy atom. The lowest BCUT2D eigenvalue weighted by atomic mass is 9.76. The van der Waals surface area contributed by atoms with Gasteiger partial charge < -0.3 is 19.5 Å². The zero-order valence-electron chi connectivity index (χ0n) is 25.2. The molecular formula is C36H36N6O2. The normalized spacial score (nSPS) is 17.2. The fourth-order valence-corrected chi connectivity index (χ4v) is 6.26. The van der Waals surface area contributed by atoms with Crippen molar-refractivity contribution in [2.75, 3.05) is 18.4 Å². The van der Waals surface area contributed by atoms with Crippen molar-refractivity contribution >= 4 is 22.9 Å². The van der Waals surface area contributed by atoms with Crippen LogP contribution in [0.5, 0.6) is 0 Å². The van der Waals surface area contributed by atoms with Crippen LogP contribution in [0.15, 0.2) is 110 Å². The second-order valence-electron chi connectivity index (χ2n) is 12.2. The molecule has 1 fully saturated rings. The summed E-state index contributed by atoms with van der Waals surface area (Å²) in [5.41, 5.74) is 2.71. The number of rotatable bonds is 6. The third-order valence-electron chi connectivity index (χ3n) is 8.04. The van der Waals surface area contributed by atoms with Gasteiger partial charge in [-0.1, -0.05) is 91.0 Å². The smallest absolute Gasteiger partial charge is 0.410 e. The number of hydrogen-bond acceptors (Lipinski definition) is 6. The highest BCUT2D eigenvalue weighted by Gasteiger charge is 2.40. The molecule has 1 saturated heterocycles. The van der Waals surface area contributed by atoms with Gasteiger partial charge in [-0.25, -0.2) is 14.8 Å². The number of hydrogen-bond donors (Lipinski definition) is 1. The summed E-state index contributed by atoms with van der Waals surface area (Å²) >= 11 is 0. The van der Waals surface area contributed by atoms with Crippen molar-refractivity contribution in [1.29, 1.82) is 5.26 Å². The number of fused-ring (bicyclic) bond motifs is 1. The number of likely N-dealkylation sites (tertiary alicyclic amines) is 1. The van der Waals surface area contributed by atoms with Crippen molar-refractivity contribution in [1.82, 2.24) is 19.4 Å². The number of aromatic nitrogens is 3. The minimum absolute atomic E-state index is 0.190. The third kappa shape index (κ3) is 5.49. The molecule has 44 heavy (non-hydrogen) atoms. The van der Waals surface area contributed by atoms with Crippen LogP contribution in [0.3, 0.4) is 0 Å². The van der Waals surface area contributed by atoms with E-state index >= 15 is 0 Å². The summed E-state index contributed by atoms with van der Waals surface area (Å²) in [5.74, 6) is 0.335. The molecule has 0 bridgehead atoms. The molecule has 8 nitrogen and oxygen atoms in total. The van der Waals surface area contributed by atoms with Gasteiger partial charge in [0, 0.05) is 25.3 Å². The Hall–Kier alpha value is -5.16. The van der Waals surface area contributed by atoms with Crippen LogP contribution in [0.4, 0.5) is 10.6 Å². The van der Waals surface area contributed by atoms with E-state index in [1.807, 2.05) is 45.0 Å². The molecule has 1 unspecified atom stereocenters. The molecule has 2 aromatic heterocycles. The quantitative estimate of drug-likeness (QED) is 0.220. The molecule has 8 heteroatoms. The average molecular weight is 585 g/mol. The lowest BCUT2D eigenvalue weighted by Crippen LogP contribution is -2.50. The van der Waals surface area contributed by atoms with E-state index in [1.54, 1.807) is 11.2 Å². The van der Waals surface area contributed by atoms with Gasteiger partial charge in [0.05, 0.1) is 17.4 Å². The van der Waals surface area contributed by atoms with E-state index in [-0.39, 0.29) is 12.0 Å². The lowest BCUT2D eigenvalue weighted by Gasteiger charge is -2.38. The van der Waals surface area contributed by atoms with Crippen LogP contribution in [0.1, 0.15) is 43.9 Å². The molecular weight excluding hydrogens is 548 g/mol. The summed E-state index contributed by atoms with van der Waals surface area (Å²) in [6.45, 7) is 6.27. The molecule has 222 valence electrons. The topological polar surface area (TPSA) is 96.1 Å². The number of nitrogens with zero attached hydrogens (tertiary/aromatic N) is 5. The fraction of sp³-hybridized carbons (Fsp3) is 0.278. The van der Waals surface area contributed by atoms with Gasteiger partial charge in [0.2, 0.25) is 0 Å². The Balaban J connectivity index is 1.45. The number of carbonyl (C=O) groups excluding carboxylic acids is 1. The average Bonchev–Trinajstić information content (AvgIpc) is 3.47. The van der Waals surface area contributed by atoms with Crippen molar-refractivity contribution in [3.63, 3.8) is 0 Å². The maximum absolute atomic E-state index is 12.9. The summed E-state index contributed by atoms with van der Waals surface area (Å²) in [6, 6.07) is 35.6. The molecule has 2 atom stereocenters. The highest BCUT2D eigenvalue weighted by molar-refractivity contribution is 5.88. The Labute approximate surface area is 257 Å². The first-order valence-corrected chi connectivity index (χ1v) is 14.9. The van der Waals surface area contributed by atoms with Crippen LogP contribution < -0.4 is 5.32 Å². The predicted octanol–water partition coefficient (Wildman–Crippen LogP) is 6.83. The summed E-state index contributed by atoms with van der Waals surface area (Å²) in [6.07, 6.45) is 3.82. The molecule has 5 aromatic rings. The summed E-state index contributed by atoms with van der Waals surface area (Å²) in [7, 11) is 0. The number of benzene rings is 3. The lowest BCUT2D eigenvalue weighted by molar-refractivity contribution is 0.0178. The predicted molar refractivity (Wildman–Crippen MR) is 171 cm³/mol. The van der Waals surface area contributed by atoms with Crippen LogP contribution in [-0.2, 0) is 10.3 Å². The van der Waals surface area contributed by atoms with Crippen molar-refractivity contribution in [2.45, 2.75) is 44.4 Å². The highest BCUT2D eigenvalue weighted by Crippen LogP contribution is 2.43. The highest BCUT2D eigenvalue weighted by atomic mass is 16.6. The zero-order chi connectivity index (χ0) is 30.7. The summed E-state index contributed by atoms with van der Waals surface area (Å²) in [4.78, 5) is 24.0. The number of nitrogens with one attached hydrogen (secondary N) is 1. The SMILES string of the molecule is CC(C)(C)OC(=O)N1CC(C#N)C[C@@H](Nc2ncnc3c2ccn3C(c2ccccc2)(c2ccccc2)c2ccccc2)C1. The minimum atomic E-state index is -0.721. The molecule has 0 radical (unpaired) electrons. The van der Waals surface area contributed by atoms with E-state index in [9.17, 15) is 10.1 Å². The Morgan fingerprint density at radius 1 is 0.864 bits per heavy atom. The Bertz CT molecular complexity index is 1680. The standard InChI is InChI=1S/C36H36N6O2/c1-35(2,3)44-34(43)41-23-26(22-37)21-30(24-41)40-32-31-19-20-42(33(31)39-25-38-32)36(27-13-7-4-8-14-27,28-15-9-5-10-16-28)29-17-11-6-12-18-29/h4-20,25-26,30H,21,23-24H2,1-3H3,(H,38,39,40)/t26?,30-/m1/s1. The molecule has 3 aromatic carbocycles. The van der Waals surface area contributed by atoms with E-state index < -0.39 is 17.2 Å². The number of piperidine rings is 1. The van der Waals surface area contributed by atoms with E-state index in [0.29, 0.717) is 25.3 Å². The molecule has 0 aliphatic carbocycles. The second-order valence-corrected chi connectivity index (χ2v) is 12.2. The Kier molecular flexibility index (Phi) is 7.79. The van der Waals surface area contributed by atoms with Crippen LogP contribution in [0.25, 0.3) is 11.0 Å². The fourth-order valence-electron chi connectivity index (χ4n) is 6.26. The van der Waals surface area contributed by atoms with Crippen molar-refractivity contribution in [3.8, 4) is 6.07 Å². The van der Waals surface area contributed by atoms with Gasteiger partial charge in [-0.15, -0.1) is 0 Å². The van der Waals surface area contributed by atoms with Gasteiger partial charge in [-0.2, -0.15) is 5.26 Å². The molecule has 0 spiro atoms. The second kappa shape index (κ2) is 11.8. The molecule has 1 aliphatic heterocycles. The van der Waals surface area contributed by atoms with Gasteiger partial charge in [0.1, 0.15) is 28.9 Å². The van der Waals surface area contributed by atoms with Crippen LogP contribution in [0.2, 0.25) is 0 Å². The maximum Gasteiger partial charge on any atom is 0.410 e. The number of anilines is 1. The van der Waals surface area contributed by atoms with E-state index in [2.05, 4.69) is 99.9 Å². The van der Waals surface area contributed by atoms with E-state index in [1.165, 1.54) is 0 Å². The first kappa shape index (κ1) is 28.9. The van der Waals surface area contributed by atoms with Gasteiger partial charge in [-0.3, -0.25) is 0 Å². The van der Waals surface area contributed by atoms with Crippen LogP contribution in [-0.4, -0.2) is 50.3 Å². The van der Waals surface area contributed by atoms with Crippen molar-refractivity contribution in [2.24, 2.45) is 5.92 Å². The van der Waals surface area contributed by atoms with Crippen LogP contribution >= 0.6 is 0 Å². The van der Waals surface area contributed by atoms with Crippen LogP contribution in [0, 0.1) is 17.2 Å². The largest absolute Gasteiger partial charge is 0.444 e. The molecule has 3 heterocycles.